The standard InChI is InChI=1S/C24H27NO7/c1-14-12-15(30-3)6-8-17(14)22(26)20-21(25(10-11-29-2)24(28)23(20)27)18-13-16(31-4)7-9-19(18)32-5/h6-9,12-13,21,26H,10-11H2,1-5H3/b22-20+. The Labute approximate surface area is 187 Å². The highest BCUT2D eigenvalue weighted by molar-refractivity contribution is 6.46. The van der Waals surface area contributed by atoms with Gasteiger partial charge in [0.25, 0.3) is 11.7 Å². The molecule has 1 aliphatic heterocycles. The van der Waals surface area contributed by atoms with Crippen LogP contribution >= 0.6 is 0 Å². The number of nitrogens with zero attached hydrogens (tertiary/aromatic N) is 1. The topological polar surface area (TPSA) is 94.5 Å². The van der Waals surface area contributed by atoms with Crippen molar-refractivity contribution in [1.29, 1.82) is 0 Å². The van der Waals surface area contributed by atoms with Crippen molar-refractivity contribution >= 4 is 17.4 Å². The molecule has 8 nitrogen and oxygen atoms in total. The van der Waals surface area contributed by atoms with Gasteiger partial charge in [-0.3, -0.25) is 9.59 Å². The van der Waals surface area contributed by atoms with E-state index in [2.05, 4.69) is 0 Å². The molecule has 0 aromatic heterocycles. The second kappa shape index (κ2) is 9.74. The summed E-state index contributed by atoms with van der Waals surface area (Å²) >= 11 is 0. The first-order valence-corrected chi connectivity index (χ1v) is 10.0. The molecule has 1 atom stereocenters. The first kappa shape index (κ1) is 23.1. The van der Waals surface area contributed by atoms with E-state index in [1.54, 1.807) is 50.4 Å². The van der Waals surface area contributed by atoms with E-state index in [9.17, 15) is 14.7 Å². The van der Waals surface area contributed by atoms with Crippen molar-refractivity contribution in [2.24, 2.45) is 0 Å². The summed E-state index contributed by atoms with van der Waals surface area (Å²) in [7, 11) is 6.08. The van der Waals surface area contributed by atoms with Gasteiger partial charge in [-0.1, -0.05) is 0 Å². The number of rotatable bonds is 8. The van der Waals surface area contributed by atoms with Crippen LogP contribution in [0.4, 0.5) is 0 Å². The van der Waals surface area contributed by atoms with Crippen LogP contribution in [0.15, 0.2) is 42.0 Å². The van der Waals surface area contributed by atoms with E-state index in [4.69, 9.17) is 18.9 Å². The number of carbonyl (C=O) groups excluding carboxylic acids is 2. The molecule has 0 bridgehead atoms. The minimum Gasteiger partial charge on any atom is -0.507 e. The summed E-state index contributed by atoms with van der Waals surface area (Å²) in [6.07, 6.45) is 0. The Morgan fingerprint density at radius 3 is 2.22 bits per heavy atom. The SMILES string of the molecule is COCCN1C(=O)C(=O)/C(=C(/O)c2ccc(OC)cc2C)C1c1cc(OC)ccc1OC. The zero-order valence-corrected chi connectivity index (χ0v) is 18.8. The van der Waals surface area contributed by atoms with Crippen LogP contribution in [0.25, 0.3) is 5.76 Å². The molecular weight excluding hydrogens is 414 g/mol. The van der Waals surface area contributed by atoms with E-state index < -0.39 is 17.7 Å². The molecule has 32 heavy (non-hydrogen) atoms. The number of likely N-dealkylation sites (tertiary alicyclic amines) is 1. The number of ether oxygens (including phenoxy) is 4. The lowest BCUT2D eigenvalue weighted by molar-refractivity contribution is -0.140. The lowest BCUT2D eigenvalue weighted by Crippen LogP contribution is -2.32. The van der Waals surface area contributed by atoms with Crippen LogP contribution in [0.5, 0.6) is 17.2 Å². The lowest BCUT2D eigenvalue weighted by Gasteiger charge is -2.26. The van der Waals surface area contributed by atoms with E-state index in [1.807, 2.05) is 0 Å². The highest BCUT2D eigenvalue weighted by atomic mass is 16.5. The fraction of sp³-hybridized carbons (Fsp3) is 0.333. The first-order valence-electron chi connectivity index (χ1n) is 10.0. The third-order valence-corrected chi connectivity index (χ3v) is 5.50. The molecule has 1 heterocycles. The molecule has 1 unspecified atom stereocenters. The zero-order chi connectivity index (χ0) is 23.4. The smallest absolute Gasteiger partial charge is 0.295 e. The number of aliphatic hydroxyl groups is 1. The molecule has 8 heteroatoms. The van der Waals surface area contributed by atoms with Gasteiger partial charge in [0.2, 0.25) is 0 Å². The fourth-order valence-electron chi connectivity index (χ4n) is 3.85. The van der Waals surface area contributed by atoms with Crippen molar-refractivity contribution in [1.82, 2.24) is 4.90 Å². The van der Waals surface area contributed by atoms with Gasteiger partial charge in [-0.05, 0) is 48.9 Å². The molecule has 0 radical (unpaired) electrons. The maximum absolute atomic E-state index is 13.1. The molecule has 1 amide bonds. The predicted octanol–water partition coefficient (Wildman–Crippen LogP) is 3.09. The van der Waals surface area contributed by atoms with Gasteiger partial charge >= 0.3 is 0 Å². The minimum absolute atomic E-state index is 0.0223. The Balaban J connectivity index is 2.26. The minimum atomic E-state index is -0.878. The van der Waals surface area contributed by atoms with Crippen LogP contribution in [-0.4, -0.2) is 63.3 Å². The second-order valence-electron chi connectivity index (χ2n) is 7.27. The Hall–Kier alpha value is -3.52. The van der Waals surface area contributed by atoms with Crippen LogP contribution in [0.3, 0.4) is 0 Å². The van der Waals surface area contributed by atoms with Crippen molar-refractivity contribution in [3.05, 3.63) is 58.7 Å². The highest BCUT2D eigenvalue weighted by Crippen LogP contribution is 2.44. The van der Waals surface area contributed by atoms with Crippen LogP contribution < -0.4 is 14.2 Å². The number of aryl methyl sites for hydroxylation is 1. The molecule has 1 N–H and O–H groups in total. The van der Waals surface area contributed by atoms with Gasteiger partial charge in [0.15, 0.2) is 0 Å². The monoisotopic (exact) mass is 441 g/mol. The maximum Gasteiger partial charge on any atom is 0.295 e. The summed E-state index contributed by atoms with van der Waals surface area (Å²) in [4.78, 5) is 27.5. The number of ketones is 1. The zero-order valence-electron chi connectivity index (χ0n) is 18.8. The first-order chi connectivity index (χ1) is 15.4. The number of benzene rings is 2. The molecule has 2 aromatic carbocycles. The van der Waals surface area contributed by atoms with E-state index in [1.165, 1.54) is 26.2 Å². The van der Waals surface area contributed by atoms with Crippen LogP contribution in [-0.2, 0) is 14.3 Å². The van der Waals surface area contributed by atoms with Crippen LogP contribution in [0.2, 0.25) is 0 Å². The van der Waals surface area contributed by atoms with Crippen molar-refractivity contribution in [2.75, 3.05) is 41.6 Å². The van der Waals surface area contributed by atoms with Crippen molar-refractivity contribution in [3.63, 3.8) is 0 Å². The van der Waals surface area contributed by atoms with Crippen LogP contribution in [0.1, 0.15) is 22.7 Å². The Morgan fingerprint density at radius 2 is 1.62 bits per heavy atom. The fourth-order valence-corrected chi connectivity index (χ4v) is 3.85. The third-order valence-electron chi connectivity index (χ3n) is 5.50. The molecule has 1 fully saturated rings. The van der Waals surface area contributed by atoms with Gasteiger partial charge in [0, 0.05) is 24.8 Å². The normalized spacial score (nSPS) is 17.5. The molecule has 1 aliphatic rings. The van der Waals surface area contributed by atoms with Gasteiger partial charge < -0.3 is 29.0 Å². The Bertz CT molecular complexity index is 1060. The Morgan fingerprint density at radius 1 is 0.969 bits per heavy atom. The van der Waals surface area contributed by atoms with E-state index in [-0.39, 0.29) is 24.5 Å². The molecule has 170 valence electrons. The number of amides is 1. The lowest BCUT2D eigenvalue weighted by atomic mass is 9.93. The summed E-state index contributed by atoms with van der Waals surface area (Å²) in [5.41, 5.74) is 1.63. The van der Waals surface area contributed by atoms with Crippen molar-refractivity contribution in [2.45, 2.75) is 13.0 Å². The maximum atomic E-state index is 13.1. The average molecular weight is 441 g/mol. The van der Waals surface area contributed by atoms with Gasteiger partial charge in [-0.25, -0.2) is 0 Å². The van der Waals surface area contributed by atoms with E-state index in [0.29, 0.717) is 33.9 Å². The number of Topliss-reactive ketones (excluding diaryl/α,β-unsaturated/α-hetero) is 1. The van der Waals surface area contributed by atoms with Crippen molar-refractivity contribution < 1.29 is 33.6 Å². The molecule has 0 saturated carbocycles. The number of carbonyl (C=O) groups is 2. The Kier molecular flexibility index (Phi) is 7.05. The third kappa shape index (κ3) is 4.13. The quantitative estimate of drug-likeness (QED) is 0.382. The van der Waals surface area contributed by atoms with Gasteiger partial charge in [-0.15, -0.1) is 0 Å². The summed E-state index contributed by atoms with van der Waals surface area (Å²) in [5, 5.41) is 11.3. The average Bonchev–Trinajstić information content (AvgIpc) is 3.06. The molecule has 3 rings (SSSR count). The van der Waals surface area contributed by atoms with E-state index >= 15 is 0 Å². The predicted molar refractivity (Wildman–Crippen MR) is 118 cm³/mol. The second-order valence-corrected chi connectivity index (χ2v) is 7.27. The molecular formula is C24H27NO7. The number of hydrogen-bond donors (Lipinski definition) is 1. The number of hydrogen-bond acceptors (Lipinski definition) is 7. The largest absolute Gasteiger partial charge is 0.507 e. The van der Waals surface area contributed by atoms with Gasteiger partial charge in [-0.2, -0.15) is 0 Å². The highest BCUT2D eigenvalue weighted by Gasteiger charge is 2.47. The molecule has 1 saturated heterocycles. The van der Waals surface area contributed by atoms with Crippen LogP contribution in [0, 0.1) is 6.92 Å². The molecule has 2 aromatic rings. The van der Waals surface area contributed by atoms with Gasteiger partial charge in [0.05, 0.1) is 39.6 Å². The van der Waals surface area contributed by atoms with E-state index in [0.717, 1.165) is 0 Å². The molecule has 0 aliphatic carbocycles. The summed E-state index contributed by atoms with van der Waals surface area (Å²) in [5.74, 6) is -0.159. The number of aliphatic hydroxyl groups excluding tert-OH is 1. The van der Waals surface area contributed by atoms with Crippen molar-refractivity contribution in [3.8, 4) is 17.2 Å². The summed E-state index contributed by atoms with van der Waals surface area (Å²) in [6, 6.07) is 9.33. The summed E-state index contributed by atoms with van der Waals surface area (Å²) < 4.78 is 21.2. The van der Waals surface area contributed by atoms with Gasteiger partial charge in [0.1, 0.15) is 23.0 Å². The number of methoxy groups -OCH3 is 4. The molecule has 0 spiro atoms. The summed E-state index contributed by atoms with van der Waals surface area (Å²) in [6.45, 7) is 2.17.